The summed E-state index contributed by atoms with van der Waals surface area (Å²) in [6.07, 6.45) is 3.66. The van der Waals surface area contributed by atoms with Crippen molar-refractivity contribution in [1.29, 1.82) is 0 Å². The smallest absolute Gasteiger partial charge is 0.265 e. The lowest BCUT2D eigenvalue weighted by Crippen LogP contribution is -2.41. The molecule has 0 spiro atoms. The molecule has 0 radical (unpaired) electrons. The average molecular weight is 325 g/mol. The molecule has 6 nitrogen and oxygen atoms in total. The largest absolute Gasteiger partial charge is 0.376 e. The topological polar surface area (TPSA) is 62.7 Å². The summed E-state index contributed by atoms with van der Waals surface area (Å²) in [7, 11) is 3.96. The summed E-state index contributed by atoms with van der Waals surface area (Å²) in [5.74, 6) is -0.176. The molecule has 1 aromatic rings. The number of likely N-dealkylation sites (N-methyl/N-ethyl adjacent to an activating group) is 1. The normalized spacial score (nSPS) is 17.9. The van der Waals surface area contributed by atoms with E-state index in [9.17, 15) is 9.59 Å². The molecule has 1 fully saturated rings. The molecule has 1 amide bonds. The number of hydrogen-bond acceptors (Lipinski definition) is 6. The van der Waals surface area contributed by atoms with Gasteiger partial charge in [0.15, 0.2) is 10.8 Å². The second-order valence-electron chi connectivity index (χ2n) is 5.78. The summed E-state index contributed by atoms with van der Waals surface area (Å²) in [5.41, 5.74) is 0. The van der Waals surface area contributed by atoms with Crippen LogP contribution >= 0.6 is 11.3 Å². The fourth-order valence-corrected chi connectivity index (χ4v) is 3.10. The zero-order chi connectivity index (χ0) is 16.1. The monoisotopic (exact) mass is 325 g/mol. The van der Waals surface area contributed by atoms with Gasteiger partial charge in [-0.05, 0) is 26.9 Å². The minimum atomic E-state index is -0.108. The molecule has 0 unspecified atom stereocenters. The molecular weight excluding hydrogens is 302 g/mol. The summed E-state index contributed by atoms with van der Waals surface area (Å²) < 4.78 is 5.65. The summed E-state index contributed by atoms with van der Waals surface area (Å²) in [4.78, 5) is 32.4. The Hall–Kier alpha value is -1.31. The zero-order valence-corrected chi connectivity index (χ0v) is 14.2. The van der Waals surface area contributed by atoms with Crippen LogP contribution in [0.3, 0.4) is 0 Å². The molecule has 0 aliphatic carbocycles. The lowest BCUT2D eigenvalue weighted by atomic mass is 10.2. The van der Waals surface area contributed by atoms with Crippen LogP contribution in [0.15, 0.2) is 6.20 Å². The molecule has 0 aromatic carbocycles. The van der Waals surface area contributed by atoms with Crippen molar-refractivity contribution in [3.8, 4) is 0 Å². The number of hydrogen-bond donors (Lipinski definition) is 0. The Morgan fingerprint density at radius 1 is 1.41 bits per heavy atom. The van der Waals surface area contributed by atoms with E-state index in [2.05, 4.69) is 4.98 Å². The van der Waals surface area contributed by atoms with E-state index in [0.717, 1.165) is 37.3 Å². The molecule has 1 aliphatic rings. The van der Waals surface area contributed by atoms with Gasteiger partial charge in [0.1, 0.15) is 4.88 Å². The summed E-state index contributed by atoms with van der Waals surface area (Å²) >= 11 is 1.16. The Kier molecular flexibility index (Phi) is 6.05. The summed E-state index contributed by atoms with van der Waals surface area (Å²) in [6, 6.07) is 0. The number of ether oxygens (including phenoxy) is 1. The third kappa shape index (κ3) is 4.59. The van der Waals surface area contributed by atoms with Crippen LogP contribution in [0.25, 0.3) is 0 Å². The van der Waals surface area contributed by atoms with Gasteiger partial charge in [-0.25, -0.2) is 4.98 Å². The van der Waals surface area contributed by atoms with Crippen LogP contribution in [0.4, 0.5) is 0 Å². The van der Waals surface area contributed by atoms with Crippen molar-refractivity contribution in [3.05, 3.63) is 16.1 Å². The van der Waals surface area contributed by atoms with Crippen molar-refractivity contribution >= 4 is 23.0 Å². The third-order valence-electron chi connectivity index (χ3n) is 3.57. The minimum absolute atomic E-state index is 0.0673. The van der Waals surface area contributed by atoms with Gasteiger partial charge < -0.3 is 14.5 Å². The van der Waals surface area contributed by atoms with Gasteiger partial charge in [-0.3, -0.25) is 9.59 Å². The molecule has 2 rings (SSSR count). The maximum atomic E-state index is 12.7. The number of rotatable bonds is 7. The highest BCUT2D eigenvalue weighted by Crippen LogP contribution is 2.18. The molecule has 0 bridgehead atoms. The number of amides is 1. The Labute approximate surface area is 135 Å². The molecule has 1 saturated heterocycles. The molecule has 0 N–H and O–H groups in total. The van der Waals surface area contributed by atoms with E-state index >= 15 is 0 Å². The van der Waals surface area contributed by atoms with Crippen LogP contribution in [0.5, 0.6) is 0 Å². The van der Waals surface area contributed by atoms with Crippen LogP contribution in [0.1, 0.15) is 39.2 Å². The quantitative estimate of drug-likeness (QED) is 0.712. The first-order valence-electron chi connectivity index (χ1n) is 7.49. The van der Waals surface area contributed by atoms with E-state index in [-0.39, 0.29) is 17.8 Å². The van der Waals surface area contributed by atoms with Crippen molar-refractivity contribution in [2.24, 2.45) is 0 Å². The Balaban J connectivity index is 2.07. The van der Waals surface area contributed by atoms with Gasteiger partial charge in [0.05, 0.1) is 12.3 Å². The number of ketones is 1. The van der Waals surface area contributed by atoms with Crippen molar-refractivity contribution in [3.63, 3.8) is 0 Å². The fourth-order valence-electron chi connectivity index (χ4n) is 2.32. The first kappa shape index (κ1) is 17.1. The molecule has 1 aliphatic heterocycles. The molecule has 7 heteroatoms. The Bertz CT molecular complexity index is 524. The van der Waals surface area contributed by atoms with Gasteiger partial charge in [-0.15, -0.1) is 11.3 Å². The van der Waals surface area contributed by atoms with E-state index in [1.54, 1.807) is 0 Å². The standard InChI is InChI=1S/C15H23N3O3S/c1-11(19)14-16-9-13(22-14)15(20)18(7-6-17(2)3)10-12-5-4-8-21-12/h9,12H,4-8,10H2,1-3H3/t12-/m1/s1. The summed E-state index contributed by atoms with van der Waals surface area (Å²) in [5, 5.41) is 0.382. The number of Topliss-reactive ketones (excluding diaryl/α,β-unsaturated/α-hetero) is 1. The van der Waals surface area contributed by atoms with Gasteiger partial charge in [-0.2, -0.15) is 0 Å². The molecule has 0 saturated carbocycles. The molecule has 22 heavy (non-hydrogen) atoms. The second-order valence-corrected chi connectivity index (χ2v) is 6.81. The van der Waals surface area contributed by atoms with E-state index in [4.69, 9.17) is 4.74 Å². The van der Waals surface area contributed by atoms with E-state index < -0.39 is 0 Å². The number of carbonyl (C=O) groups excluding carboxylic acids is 2. The van der Waals surface area contributed by atoms with E-state index in [1.807, 2.05) is 23.9 Å². The van der Waals surface area contributed by atoms with Crippen molar-refractivity contribution in [1.82, 2.24) is 14.8 Å². The van der Waals surface area contributed by atoms with Gasteiger partial charge in [-0.1, -0.05) is 0 Å². The van der Waals surface area contributed by atoms with Crippen LogP contribution in [-0.2, 0) is 4.74 Å². The number of carbonyl (C=O) groups is 2. The third-order valence-corrected chi connectivity index (χ3v) is 4.66. The maximum Gasteiger partial charge on any atom is 0.265 e. The van der Waals surface area contributed by atoms with Gasteiger partial charge in [0.2, 0.25) is 0 Å². The Morgan fingerprint density at radius 3 is 2.73 bits per heavy atom. The highest BCUT2D eigenvalue weighted by molar-refractivity contribution is 7.15. The van der Waals surface area contributed by atoms with Crippen LogP contribution in [-0.4, -0.2) is 72.9 Å². The number of aromatic nitrogens is 1. The lowest BCUT2D eigenvalue weighted by Gasteiger charge is -2.26. The molecular formula is C15H23N3O3S. The second kappa shape index (κ2) is 7.80. The molecule has 1 aromatic heterocycles. The molecule has 1 atom stereocenters. The average Bonchev–Trinajstić information content (AvgIpc) is 3.13. The fraction of sp³-hybridized carbons (Fsp3) is 0.667. The molecule has 122 valence electrons. The van der Waals surface area contributed by atoms with Gasteiger partial charge in [0.25, 0.3) is 5.91 Å². The van der Waals surface area contributed by atoms with Gasteiger partial charge in [0, 0.05) is 33.2 Å². The predicted octanol–water partition coefficient (Wildman–Crippen LogP) is 1.53. The first-order valence-corrected chi connectivity index (χ1v) is 8.31. The first-order chi connectivity index (χ1) is 10.5. The highest BCUT2D eigenvalue weighted by Gasteiger charge is 2.25. The maximum absolute atomic E-state index is 12.7. The molecule has 2 heterocycles. The van der Waals surface area contributed by atoms with Gasteiger partial charge >= 0.3 is 0 Å². The number of thiazole rings is 1. The predicted molar refractivity (Wildman–Crippen MR) is 85.6 cm³/mol. The Morgan fingerprint density at radius 2 is 2.18 bits per heavy atom. The number of nitrogens with zero attached hydrogens (tertiary/aromatic N) is 3. The van der Waals surface area contributed by atoms with Crippen molar-refractivity contribution in [2.75, 3.05) is 40.3 Å². The SMILES string of the molecule is CC(=O)c1ncc(C(=O)N(CCN(C)C)C[C@H]2CCCO2)s1. The summed E-state index contributed by atoms with van der Waals surface area (Å²) in [6.45, 7) is 4.26. The lowest BCUT2D eigenvalue weighted by molar-refractivity contribution is 0.0515. The van der Waals surface area contributed by atoms with Crippen LogP contribution in [0.2, 0.25) is 0 Å². The van der Waals surface area contributed by atoms with E-state index in [0.29, 0.717) is 23.0 Å². The minimum Gasteiger partial charge on any atom is -0.376 e. The van der Waals surface area contributed by atoms with Crippen molar-refractivity contribution < 1.29 is 14.3 Å². The van der Waals surface area contributed by atoms with Crippen LogP contribution < -0.4 is 0 Å². The highest BCUT2D eigenvalue weighted by atomic mass is 32.1. The van der Waals surface area contributed by atoms with Crippen LogP contribution in [0, 0.1) is 0 Å². The van der Waals surface area contributed by atoms with Crippen molar-refractivity contribution in [2.45, 2.75) is 25.9 Å². The van der Waals surface area contributed by atoms with E-state index in [1.165, 1.54) is 13.1 Å². The zero-order valence-electron chi connectivity index (χ0n) is 13.4.